The SMILES string of the molecule is OCCSc1cccc(-c2nnc3cc[c]cn23)c1. The van der Waals surface area contributed by atoms with E-state index in [1.165, 1.54) is 0 Å². The minimum absolute atomic E-state index is 0.178. The molecule has 0 atom stereocenters. The summed E-state index contributed by atoms with van der Waals surface area (Å²) < 4.78 is 1.91. The zero-order valence-corrected chi connectivity index (χ0v) is 11.0. The van der Waals surface area contributed by atoms with Crippen molar-refractivity contribution in [3.63, 3.8) is 0 Å². The fourth-order valence-corrected chi connectivity index (χ4v) is 2.58. The summed E-state index contributed by atoms with van der Waals surface area (Å²) >= 11 is 1.62. The standard InChI is InChI=1S/C14H12N3OS/c18-8-9-19-12-5-3-4-11(10-12)14-16-15-13-6-1-2-7-17(13)14/h1,3-7,10,18H,8-9H2. The Morgan fingerprint density at radius 2 is 2.21 bits per heavy atom. The Bertz CT molecular complexity index is 696. The second-order valence-corrected chi connectivity index (χ2v) is 5.15. The number of rotatable bonds is 4. The Hall–Kier alpha value is -1.85. The molecule has 0 fully saturated rings. The van der Waals surface area contributed by atoms with E-state index >= 15 is 0 Å². The predicted octanol–water partition coefficient (Wildman–Crippen LogP) is 2.28. The van der Waals surface area contributed by atoms with E-state index in [0.29, 0.717) is 5.75 Å². The summed E-state index contributed by atoms with van der Waals surface area (Å²) in [5, 5.41) is 17.2. The smallest absolute Gasteiger partial charge is 0.168 e. The van der Waals surface area contributed by atoms with Crippen LogP contribution in [-0.2, 0) is 0 Å². The van der Waals surface area contributed by atoms with E-state index in [9.17, 15) is 0 Å². The summed E-state index contributed by atoms with van der Waals surface area (Å²) in [7, 11) is 0. The third-order valence-electron chi connectivity index (χ3n) is 2.71. The van der Waals surface area contributed by atoms with Gasteiger partial charge < -0.3 is 5.11 Å². The van der Waals surface area contributed by atoms with Crippen molar-refractivity contribution in [1.82, 2.24) is 14.6 Å². The van der Waals surface area contributed by atoms with Crippen molar-refractivity contribution < 1.29 is 5.11 Å². The summed E-state index contributed by atoms with van der Waals surface area (Å²) in [6, 6.07) is 14.8. The van der Waals surface area contributed by atoms with Crippen LogP contribution >= 0.6 is 11.8 Å². The number of aliphatic hydroxyl groups excluding tert-OH is 1. The van der Waals surface area contributed by atoms with E-state index < -0.39 is 0 Å². The van der Waals surface area contributed by atoms with Crippen LogP contribution in [0.4, 0.5) is 0 Å². The molecular weight excluding hydrogens is 258 g/mol. The third kappa shape index (κ3) is 2.47. The molecule has 0 saturated carbocycles. The number of aliphatic hydroxyl groups is 1. The largest absolute Gasteiger partial charge is 0.396 e. The highest BCUT2D eigenvalue weighted by Gasteiger charge is 2.07. The van der Waals surface area contributed by atoms with Gasteiger partial charge in [-0.05, 0) is 24.3 Å². The molecule has 3 rings (SSSR count). The van der Waals surface area contributed by atoms with E-state index in [4.69, 9.17) is 5.11 Å². The number of aromatic nitrogens is 3. The molecule has 0 spiro atoms. The van der Waals surface area contributed by atoms with Gasteiger partial charge in [0, 0.05) is 28.5 Å². The number of nitrogens with zero attached hydrogens (tertiary/aromatic N) is 3. The van der Waals surface area contributed by atoms with Crippen molar-refractivity contribution in [3.8, 4) is 11.4 Å². The van der Waals surface area contributed by atoms with Crippen molar-refractivity contribution in [3.05, 3.63) is 48.7 Å². The molecule has 0 unspecified atom stereocenters. The fourth-order valence-electron chi connectivity index (χ4n) is 1.87. The molecule has 0 aliphatic rings. The maximum Gasteiger partial charge on any atom is 0.168 e. The summed E-state index contributed by atoms with van der Waals surface area (Å²) in [5.41, 5.74) is 1.82. The third-order valence-corrected chi connectivity index (χ3v) is 3.68. The molecule has 19 heavy (non-hydrogen) atoms. The van der Waals surface area contributed by atoms with Crippen molar-refractivity contribution in [2.75, 3.05) is 12.4 Å². The van der Waals surface area contributed by atoms with Gasteiger partial charge >= 0.3 is 0 Å². The summed E-state index contributed by atoms with van der Waals surface area (Å²) in [6.07, 6.45) is 1.83. The number of pyridine rings is 1. The molecule has 2 aromatic heterocycles. The minimum Gasteiger partial charge on any atom is -0.396 e. The van der Waals surface area contributed by atoms with Gasteiger partial charge in [-0.15, -0.1) is 22.0 Å². The molecule has 0 saturated heterocycles. The summed E-state index contributed by atoms with van der Waals surface area (Å²) in [4.78, 5) is 1.11. The lowest BCUT2D eigenvalue weighted by atomic mass is 10.2. The van der Waals surface area contributed by atoms with Gasteiger partial charge in [-0.3, -0.25) is 4.40 Å². The first kappa shape index (κ1) is 12.2. The lowest BCUT2D eigenvalue weighted by Gasteiger charge is -2.03. The highest BCUT2D eigenvalue weighted by molar-refractivity contribution is 7.99. The van der Waals surface area contributed by atoms with Crippen LogP contribution < -0.4 is 0 Å². The van der Waals surface area contributed by atoms with Crippen LogP contribution in [0.2, 0.25) is 0 Å². The molecule has 95 valence electrons. The van der Waals surface area contributed by atoms with E-state index in [0.717, 1.165) is 21.9 Å². The Balaban J connectivity index is 2.01. The van der Waals surface area contributed by atoms with Crippen LogP contribution in [-0.4, -0.2) is 32.1 Å². The maximum atomic E-state index is 8.87. The lowest BCUT2D eigenvalue weighted by Crippen LogP contribution is -1.90. The van der Waals surface area contributed by atoms with Gasteiger partial charge in [-0.25, -0.2) is 0 Å². The van der Waals surface area contributed by atoms with Crippen LogP contribution in [0.25, 0.3) is 17.0 Å². The molecule has 0 amide bonds. The fraction of sp³-hybridized carbons (Fsp3) is 0.143. The first-order valence-corrected chi connectivity index (χ1v) is 6.92. The number of benzene rings is 1. The zero-order chi connectivity index (χ0) is 13.1. The molecule has 0 aliphatic carbocycles. The molecule has 1 radical (unpaired) electrons. The average Bonchev–Trinajstić information content (AvgIpc) is 2.89. The van der Waals surface area contributed by atoms with Crippen LogP contribution in [0.3, 0.4) is 0 Å². The number of thioether (sulfide) groups is 1. The molecule has 5 heteroatoms. The molecular formula is C14H12N3OS. The van der Waals surface area contributed by atoms with Crippen molar-refractivity contribution in [1.29, 1.82) is 0 Å². The van der Waals surface area contributed by atoms with Crippen LogP contribution in [0, 0.1) is 6.07 Å². The first-order valence-electron chi connectivity index (χ1n) is 5.93. The van der Waals surface area contributed by atoms with E-state index in [2.05, 4.69) is 22.3 Å². The highest BCUT2D eigenvalue weighted by Crippen LogP contribution is 2.24. The molecule has 3 aromatic rings. The summed E-state index contributed by atoms with van der Waals surface area (Å²) in [5.74, 6) is 1.50. The number of hydrogen-bond donors (Lipinski definition) is 1. The number of hydrogen-bond acceptors (Lipinski definition) is 4. The van der Waals surface area contributed by atoms with Gasteiger partial charge in [0.05, 0.1) is 6.61 Å². The van der Waals surface area contributed by atoms with Gasteiger partial charge in [0.2, 0.25) is 0 Å². The highest BCUT2D eigenvalue weighted by atomic mass is 32.2. The predicted molar refractivity (Wildman–Crippen MR) is 75.1 cm³/mol. The Labute approximate surface area is 115 Å². The summed E-state index contributed by atoms with van der Waals surface area (Å²) in [6.45, 7) is 0.178. The van der Waals surface area contributed by atoms with E-state index in [-0.39, 0.29) is 6.61 Å². The first-order chi connectivity index (χ1) is 9.38. The Morgan fingerprint density at radius 3 is 3.11 bits per heavy atom. The molecule has 0 bridgehead atoms. The Kier molecular flexibility index (Phi) is 3.48. The van der Waals surface area contributed by atoms with Gasteiger partial charge in [-0.2, -0.15) is 0 Å². The minimum atomic E-state index is 0.178. The monoisotopic (exact) mass is 270 g/mol. The van der Waals surface area contributed by atoms with Gasteiger partial charge in [0.15, 0.2) is 11.5 Å². The normalized spacial score (nSPS) is 11.0. The van der Waals surface area contributed by atoms with Gasteiger partial charge in [0.25, 0.3) is 0 Å². The maximum absolute atomic E-state index is 8.87. The number of fused-ring (bicyclic) bond motifs is 1. The van der Waals surface area contributed by atoms with E-state index in [1.54, 1.807) is 11.8 Å². The zero-order valence-electron chi connectivity index (χ0n) is 10.2. The van der Waals surface area contributed by atoms with Crippen molar-refractivity contribution in [2.45, 2.75) is 4.90 Å². The molecule has 2 heterocycles. The second kappa shape index (κ2) is 5.42. The second-order valence-electron chi connectivity index (χ2n) is 3.98. The van der Waals surface area contributed by atoms with Gasteiger partial charge in [0.1, 0.15) is 0 Å². The molecule has 1 N–H and O–H groups in total. The van der Waals surface area contributed by atoms with Crippen molar-refractivity contribution in [2.24, 2.45) is 0 Å². The quantitative estimate of drug-likeness (QED) is 0.739. The van der Waals surface area contributed by atoms with Crippen LogP contribution in [0.1, 0.15) is 0 Å². The average molecular weight is 270 g/mol. The van der Waals surface area contributed by atoms with E-state index in [1.807, 2.05) is 40.9 Å². The Morgan fingerprint density at radius 1 is 1.26 bits per heavy atom. The molecule has 1 aromatic carbocycles. The van der Waals surface area contributed by atoms with Crippen molar-refractivity contribution >= 4 is 17.4 Å². The molecule has 0 aliphatic heterocycles. The van der Waals surface area contributed by atoms with Crippen LogP contribution in [0.15, 0.2) is 47.5 Å². The van der Waals surface area contributed by atoms with Gasteiger partial charge in [-0.1, -0.05) is 12.1 Å². The topological polar surface area (TPSA) is 50.4 Å². The van der Waals surface area contributed by atoms with Crippen LogP contribution in [0.5, 0.6) is 0 Å². The lowest BCUT2D eigenvalue weighted by molar-refractivity contribution is 0.322. The molecule has 4 nitrogen and oxygen atoms in total.